The van der Waals surface area contributed by atoms with Crippen LogP contribution in [-0.4, -0.2) is 43.6 Å². The van der Waals surface area contributed by atoms with Gasteiger partial charge in [0.25, 0.3) is 5.91 Å². The molecule has 24 heavy (non-hydrogen) atoms. The maximum absolute atomic E-state index is 12.3. The average molecular weight is 345 g/mol. The second-order valence-corrected chi connectivity index (χ2v) is 6.34. The van der Waals surface area contributed by atoms with Gasteiger partial charge in [0.15, 0.2) is 6.61 Å². The summed E-state index contributed by atoms with van der Waals surface area (Å²) in [6, 6.07) is 15.6. The molecular formula is C19H21ClN2O2. The van der Waals surface area contributed by atoms with Gasteiger partial charge in [0.1, 0.15) is 5.75 Å². The van der Waals surface area contributed by atoms with Crippen molar-refractivity contribution in [3.05, 3.63) is 59.1 Å². The Morgan fingerprint density at radius 3 is 2.54 bits per heavy atom. The van der Waals surface area contributed by atoms with Crippen LogP contribution in [0, 0.1) is 6.92 Å². The molecule has 1 aliphatic rings. The Kier molecular flexibility index (Phi) is 5.26. The zero-order valence-corrected chi connectivity index (χ0v) is 14.5. The van der Waals surface area contributed by atoms with Gasteiger partial charge in [0, 0.05) is 36.9 Å². The first-order valence-corrected chi connectivity index (χ1v) is 8.48. The largest absolute Gasteiger partial charge is 0.484 e. The summed E-state index contributed by atoms with van der Waals surface area (Å²) in [7, 11) is 0. The Bertz CT molecular complexity index is 712. The lowest BCUT2D eigenvalue weighted by molar-refractivity contribution is -0.133. The highest BCUT2D eigenvalue weighted by Crippen LogP contribution is 2.21. The van der Waals surface area contributed by atoms with Crippen LogP contribution in [0.1, 0.15) is 5.56 Å². The van der Waals surface area contributed by atoms with Crippen molar-refractivity contribution in [2.45, 2.75) is 6.92 Å². The van der Waals surface area contributed by atoms with Crippen LogP contribution in [0.3, 0.4) is 0 Å². The Morgan fingerprint density at radius 2 is 1.83 bits per heavy atom. The lowest BCUT2D eigenvalue weighted by atomic mass is 10.2. The molecule has 0 aliphatic carbocycles. The molecule has 126 valence electrons. The molecule has 2 aromatic rings. The number of ether oxygens (including phenoxy) is 1. The molecule has 0 bridgehead atoms. The topological polar surface area (TPSA) is 32.8 Å². The van der Waals surface area contributed by atoms with Crippen LogP contribution in [-0.2, 0) is 4.79 Å². The van der Waals surface area contributed by atoms with Gasteiger partial charge in [-0.3, -0.25) is 4.79 Å². The number of halogens is 1. The van der Waals surface area contributed by atoms with E-state index < -0.39 is 0 Å². The zero-order valence-electron chi connectivity index (χ0n) is 13.7. The van der Waals surface area contributed by atoms with Gasteiger partial charge in [-0.25, -0.2) is 0 Å². The standard InChI is InChI=1S/C19H21ClN2O2/c1-15-5-2-3-8-18(15)24-14-19(23)22-11-9-21(10-12-22)17-7-4-6-16(20)13-17/h2-8,13H,9-12,14H2,1H3. The van der Waals surface area contributed by atoms with E-state index in [2.05, 4.69) is 4.90 Å². The molecule has 0 N–H and O–H groups in total. The van der Waals surface area contributed by atoms with E-state index in [0.717, 1.165) is 35.1 Å². The van der Waals surface area contributed by atoms with Gasteiger partial charge in [-0.05, 0) is 36.8 Å². The van der Waals surface area contributed by atoms with Crippen molar-refractivity contribution in [1.29, 1.82) is 0 Å². The third kappa shape index (κ3) is 4.01. The van der Waals surface area contributed by atoms with E-state index in [-0.39, 0.29) is 12.5 Å². The molecule has 1 fully saturated rings. The molecule has 1 amide bonds. The number of carbonyl (C=O) groups is 1. The first-order chi connectivity index (χ1) is 11.6. The van der Waals surface area contributed by atoms with Crippen LogP contribution < -0.4 is 9.64 Å². The number of amides is 1. The summed E-state index contributed by atoms with van der Waals surface area (Å²) >= 11 is 6.05. The predicted octanol–water partition coefficient (Wildman–Crippen LogP) is 3.38. The SMILES string of the molecule is Cc1ccccc1OCC(=O)N1CCN(c2cccc(Cl)c2)CC1. The van der Waals surface area contributed by atoms with Crippen LogP contribution in [0.5, 0.6) is 5.75 Å². The minimum atomic E-state index is 0.0315. The minimum Gasteiger partial charge on any atom is -0.484 e. The van der Waals surface area contributed by atoms with E-state index in [1.54, 1.807) is 0 Å². The molecule has 2 aromatic carbocycles. The van der Waals surface area contributed by atoms with E-state index in [1.165, 1.54) is 0 Å². The highest BCUT2D eigenvalue weighted by molar-refractivity contribution is 6.30. The monoisotopic (exact) mass is 344 g/mol. The van der Waals surface area contributed by atoms with Crippen molar-refractivity contribution < 1.29 is 9.53 Å². The van der Waals surface area contributed by atoms with Crippen molar-refractivity contribution in [2.24, 2.45) is 0 Å². The van der Waals surface area contributed by atoms with Crippen LogP contribution >= 0.6 is 11.6 Å². The molecule has 0 spiro atoms. The van der Waals surface area contributed by atoms with E-state index in [1.807, 2.05) is 60.4 Å². The number of aryl methyl sites for hydroxylation is 1. The van der Waals surface area contributed by atoms with Crippen molar-refractivity contribution >= 4 is 23.2 Å². The van der Waals surface area contributed by atoms with Crippen LogP contribution in [0.15, 0.2) is 48.5 Å². The normalized spacial score (nSPS) is 14.6. The highest BCUT2D eigenvalue weighted by Gasteiger charge is 2.21. The van der Waals surface area contributed by atoms with Crippen molar-refractivity contribution in [3.8, 4) is 5.75 Å². The van der Waals surface area contributed by atoms with Gasteiger partial charge in [-0.15, -0.1) is 0 Å². The number of anilines is 1. The quantitative estimate of drug-likeness (QED) is 0.852. The molecule has 1 heterocycles. The first kappa shape index (κ1) is 16.7. The second-order valence-electron chi connectivity index (χ2n) is 5.90. The van der Waals surface area contributed by atoms with Gasteiger partial charge in [0.2, 0.25) is 0 Å². The summed E-state index contributed by atoms with van der Waals surface area (Å²) in [5.74, 6) is 0.799. The smallest absolute Gasteiger partial charge is 0.260 e. The number of carbonyl (C=O) groups excluding carboxylic acids is 1. The molecule has 1 saturated heterocycles. The summed E-state index contributed by atoms with van der Waals surface area (Å²) in [4.78, 5) is 16.4. The fraction of sp³-hybridized carbons (Fsp3) is 0.316. The molecule has 3 rings (SSSR count). The second kappa shape index (κ2) is 7.58. The lowest BCUT2D eigenvalue weighted by Gasteiger charge is -2.36. The van der Waals surface area contributed by atoms with Gasteiger partial charge in [-0.2, -0.15) is 0 Å². The molecule has 0 saturated carbocycles. The summed E-state index contributed by atoms with van der Waals surface area (Å²) < 4.78 is 5.66. The highest BCUT2D eigenvalue weighted by atomic mass is 35.5. The number of para-hydroxylation sites is 1. The fourth-order valence-corrected chi connectivity index (χ4v) is 3.02. The van der Waals surface area contributed by atoms with Crippen molar-refractivity contribution in [3.63, 3.8) is 0 Å². The maximum Gasteiger partial charge on any atom is 0.260 e. The summed E-state index contributed by atoms with van der Waals surface area (Å²) in [6.45, 7) is 5.06. The Hall–Kier alpha value is -2.20. The molecule has 1 aliphatic heterocycles. The maximum atomic E-state index is 12.3. The fourth-order valence-electron chi connectivity index (χ4n) is 2.84. The van der Waals surface area contributed by atoms with E-state index >= 15 is 0 Å². The number of hydrogen-bond donors (Lipinski definition) is 0. The molecule has 5 heteroatoms. The van der Waals surface area contributed by atoms with Gasteiger partial charge < -0.3 is 14.5 Å². The van der Waals surface area contributed by atoms with E-state index in [9.17, 15) is 4.79 Å². The first-order valence-electron chi connectivity index (χ1n) is 8.10. The summed E-state index contributed by atoms with van der Waals surface area (Å²) in [6.07, 6.45) is 0. The van der Waals surface area contributed by atoms with Gasteiger partial charge in [0.05, 0.1) is 0 Å². The minimum absolute atomic E-state index is 0.0315. The predicted molar refractivity (Wildman–Crippen MR) is 96.9 cm³/mol. The average Bonchev–Trinajstić information content (AvgIpc) is 2.61. The number of rotatable bonds is 4. The molecule has 0 atom stereocenters. The lowest BCUT2D eigenvalue weighted by Crippen LogP contribution is -2.50. The molecule has 0 unspecified atom stereocenters. The summed E-state index contributed by atoms with van der Waals surface area (Å²) in [5, 5.41) is 0.734. The number of benzene rings is 2. The molecule has 0 aromatic heterocycles. The number of piperazine rings is 1. The van der Waals surface area contributed by atoms with Crippen LogP contribution in [0.2, 0.25) is 5.02 Å². The van der Waals surface area contributed by atoms with Crippen molar-refractivity contribution in [1.82, 2.24) is 4.90 Å². The molecular weight excluding hydrogens is 324 g/mol. The Balaban J connectivity index is 1.51. The number of nitrogens with zero attached hydrogens (tertiary/aromatic N) is 2. The molecule has 4 nitrogen and oxygen atoms in total. The molecule has 0 radical (unpaired) electrons. The Labute approximate surface area is 147 Å². The third-order valence-corrected chi connectivity index (χ3v) is 4.49. The zero-order chi connectivity index (χ0) is 16.9. The van der Waals surface area contributed by atoms with Crippen LogP contribution in [0.25, 0.3) is 0 Å². The number of hydrogen-bond acceptors (Lipinski definition) is 3. The van der Waals surface area contributed by atoms with E-state index in [0.29, 0.717) is 13.1 Å². The van der Waals surface area contributed by atoms with Gasteiger partial charge >= 0.3 is 0 Å². The van der Waals surface area contributed by atoms with Gasteiger partial charge in [-0.1, -0.05) is 35.9 Å². The Morgan fingerprint density at radius 1 is 1.08 bits per heavy atom. The van der Waals surface area contributed by atoms with Crippen LogP contribution in [0.4, 0.5) is 5.69 Å². The summed E-state index contributed by atoms with van der Waals surface area (Å²) in [5.41, 5.74) is 2.14. The van der Waals surface area contributed by atoms with Crippen molar-refractivity contribution in [2.75, 3.05) is 37.7 Å². The third-order valence-electron chi connectivity index (χ3n) is 4.25. The van der Waals surface area contributed by atoms with E-state index in [4.69, 9.17) is 16.3 Å².